The van der Waals surface area contributed by atoms with Crippen LogP contribution < -0.4 is 5.73 Å². The Balaban J connectivity index is 2.26. The van der Waals surface area contributed by atoms with Gasteiger partial charge < -0.3 is 10.2 Å². The van der Waals surface area contributed by atoms with Gasteiger partial charge in [0, 0.05) is 10.7 Å². The number of aromatic nitrogens is 2. The first-order valence-corrected chi connectivity index (χ1v) is 5.91. The van der Waals surface area contributed by atoms with Crippen LogP contribution in [0.1, 0.15) is 0 Å². The summed E-state index contributed by atoms with van der Waals surface area (Å²) in [7, 11) is 0. The van der Waals surface area contributed by atoms with Gasteiger partial charge in [-0.3, -0.25) is 0 Å². The Hall–Kier alpha value is -1.95. The number of nitrogens with two attached hydrogens (primary N) is 1. The largest absolute Gasteiger partial charge is 0.433 e. The fraction of sp³-hybridized carbons (Fsp3) is 0. The van der Waals surface area contributed by atoms with Crippen LogP contribution in [0.4, 0.5) is 10.2 Å². The molecule has 0 fully saturated rings. The van der Waals surface area contributed by atoms with E-state index in [0.29, 0.717) is 11.1 Å². The smallest absolute Gasteiger partial charge is 0.231 e. The molecule has 90 valence electrons. The van der Waals surface area contributed by atoms with Gasteiger partial charge in [-0.05, 0) is 34.1 Å². The van der Waals surface area contributed by atoms with Gasteiger partial charge in [-0.2, -0.15) is 0 Å². The van der Waals surface area contributed by atoms with E-state index in [9.17, 15) is 4.39 Å². The second-order valence-corrected chi connectivity index (χ2v) is 4.61. The highest BCUT2D eigenvalue weighted by Crippen LogP contribution is 2.30. The zero-order chi connectivity index (χ0) is 12.7. The summed E-state index contributed by atoms with van der Waals surface area (Å²) in [6.45, 7) is 0. The molecule has 0 aliphatic rings. The van der Waals surface area contributed by atoms with Crippen molar-refractivity contribution in [2.24, 2.45) is 0 Å². The fourth-order valence-electron chi connectivity index (χ4n) is 1.65. The lowest BCUT2D eigenvalue weighted by molar-refractivity contribution is 0.564. The maximum atomic E-state index is 13.5. The third-order valence-corrected chi connectivity index (χ3v) is 2.92. The quantitative estimate of drug-likeness (QED) is 0.748. The van der Waals surface area contributed by atoms with Gasteiger partial charge in [-0.15, -0.1) is 0 Å². The number of rotatable bonds is 1. The molecule has 2 N–H and O–H groups in total. The lowest BCUT2D eigenvalue weighted by atomic mass is 10.2. The van der Waals surface area contributed by atoms with Crippen LogP contribution in [-0.2, 0) is 0 Å². The highest BCUT2D eigenvalue weighted by atomic mass is 79.9. The van der Waals surface area contributed by atoms with E-state index in [-0.39, 0.29) is 17.3 Å². The van der Waals surface area contributed by atoms with Crippen molar-refractivity contribution in [2.45, 2.75) is 0 Å². The van der Waals surface area contributed by atoms with E-state index in [1.165, 1.54) is 6.07 Å². The number of anilines is 1. The number of halogens is 2. The van der Waals surface area contributed by atoms with E-state index >= 15 is 0 Å². The van der Waals surface area contributed by atoms with Gasteiger partial charge in [-0.1, -0.05) is 6.07 Å². The second-order valence-electron chi connectivity index (χ2n) is 3.69. The average molecular weight is 308 g/mol. The van der Waals surface area contributed by atoms with E-state index in [0.717, 1.165) is 4.47 Å². The number of hydrogen-bond acceptors (Lipinski definition) is 4. The Bertz CT molecular complexity index is 741. The number of oxazole rings is 1. The minimum atomic E-state index is -0.451. The van der Waals surface area contributed by atoms with E-state index in [1.54, 1.807) is 24.4 Å². The number of pyridine rings is 1. The van der Waals surface area contributed by atoms with Crippen molar-refractivity contribution >= 4 is 32.8 Å². The molecule has 0 bridgehead atoms. The van der Waals surface area contributed by atoms with Crippen molar-refractivity contribution in [1.29, 1.82) is 0 Å². The molecule has 18 heavy (non-hydrogen) atoms. The molecule has 0 atom stereocenters. The molecule has 0 spiro atoms. The molecule has 2 heterocycles. The van der Waals surface area contributed by atoms with Gasteiger partial charge >= 0.3 is 0 Å². The highest BCUT2D eigenvalue weighted by Gasteiger charge is 2.14. The van der Waals surface area contributed by atoms with E-state index in [4.69, 9.17) is 10.2 Å². The Morgan fingerprint density at radius 1 is 1.33 bits per heavy atom. The highest BCUT2D eigenvalue weighted by molar-refractivity contribution is 9.10. The van der Waals surface area contributed by atoms with Crippen molar-refractivity contribution in [3.05, 3.63) is 40.8 Å². The van der Waals surface area contributed by atoms with Gasteiger partial charge in [0.15, 0.2) is 11.4 Å². The van der Waals surface area contributed by atoms with E-state index in [1.807, 2.05) is 0 Å². The summed E-state index contributed by atoms with van der Waals surface area (Å²) in [6, 6.07) is 6.30. The molecule has 0 amide bonds. The van der Waals surface area contributed by atoms with Crippen molar-refractivity contribution in [1.82, 2.24) is 9.97 Å². The van der Waals surface area contributed by atoms with Crippen LogP contribution in [0.5, 0.6) is 0 Å². The van der Waals surface area contributed by atoms with E-state index < -0.39 is 5.82 Å². The van der Waals surface area contributed by atoms with Gasteiger partial charge in [-0.25, -0.2) is 14.4 Å². The normalized spacial score (nSPS) is 11.0. The van der Waals surface area contributed by atoms with Crippen LogP contribution in [0, 0.1) is 5.82 Å². The molecule has 6 heteroatoms. The van der Waals surface area contributed by atoms with Crippen LogP contribution >= 0.6 is 15.9 Å². The van der Waals surface area contributed by atoms with Gasteiger partial charge in [0.2, 0.25) is 5.89 Å². The Morgan fingerprint density at radius 2 is 2.17 bits per heavy atom. The molecular formula is C12H7BrFN3O. The first-order chi connectivity index (χ1) is 8.65. The van der Waals surface area contributed by atoms with Crippen LogP contribution in [0.15, 0.2) is 39.4 Å². The lowest BCUT2D eigenvalue weighted by Crippen LogP contribution is -1.93. The third kappa shape index (κ3) is 1.74. The summed E-state index contributed by atoms with van der Waals surface area (Å²) >= 11 is 3.29. The number of benzene rings is 1. The minimum Gasteiger partial charge on any atom is -0.433 e. The average Bonchev–Trinajstić information content (AvgIpc) is 2.77. The summed E-state index contributed by atoms with van der Waals surface area (Å²) in [5.74, 6) is 0.0827. The number of nitrogens with zero attached hydrogens (tertiary/aromatic N) is 2. The maximum absolute atomic E-state index is 13.5. The van der Waals surface area contributed by atoms with Gasteiger partial charge in [0.05, 0.1) is 5.56 Å². The van der Waals surface area contributed by atoms with Crippen molar-refractivity contribution < 1.29 is 8.81 Å². The first-order valence-electron chi connectivity index (χ1n) is 5.11. The second kappa shape index (κ2) is 4.06. The number of fused-ring (bicyclic) bond motifs is 1. The number of para-hydroxylation sites is 1. The summed E-state index contributed by atoms with van der Waals surface area (Å²) in [6.07, 6.45) is 1.57. The monoisotopic (exact) mass is 307 g/mol. The zero-order valence-electron chi connectivity index (χ0n) is 9.02. The maximum Gasteiger partial charge on any atom is 0.231 e. The molecule has 0 unspecified atom stereocenters. The van der Waals surface area contributed by atoms with E-state index in [2.05, 4.69) is 25.9 Å². The number of hydrogen-bond donors (Lipinski definition) is 1. The molecule has 2 aromatic heterocycles. The molecule has 1 aromatic carbocycles. The Morgan fingerprint density at radius 3 is 2.94 bits per heavy atom. The van der Waals surface area contributed by atoms with Crippen LogP contribution in [-0.4, -0.2) is 9.97 Å². The predicted octanol–water partition coefficient (Wildman–Crippen LogP) is 3.37. The summed E-state index contributed by atoms with van der Waals surface area (Å²) in [5, 5.41) is 0. The topological polar surface area (TPSA) is 64.9 Å². The zero-order valence-corrected chi connectivity index (χ0v) is 10.6. The number of nitrogen functional groups attached to an aromatic ring is 1. The van der Waals surface area contributed by atoms with Crippen LogP contribution in [0.3, 0.4) is 0 Å². The van der Waals surface area contributed by atoms with Crippen molar-refractivity contribution in [3.8, 4) is 11.5 Å². The summed E-state index contributed by atoms with van der Waals surface area (Å²) in [4.78, 5) is 8.18. The summed E-state index contributed by atoms with van der Waals surface area (Å²) < 4.78 is 19.6. The molecule has 0 radical (unpaired) electrons. The van der Waals surface area contributed by atoms with Gasteiger partial charge in [0.25, 0.3) is 0 Å². The minimum absolute atomic E-state index is 0.117. The van der Waals surface area contributed by atoms with Crippen LogP contribution in [0.2, 0.25) is 0 Å². The third-order valence-electron chi connectivity index (χ3n) is 2.48. The molecule has 3 rings (SSSR count). The predicted molar refractivity (Wildman–Crippen MR) is 69.3 cm³/mol. The lowest BCUT2D eigenvalue weighted by Gasteiger charge is -2.00. The molecule has 0 saturated carbocycles. The Kier molecular flexibility index (Phi) is 2.52. The van der Waals surface area contributed by atoms with Crippen molar-refractivity contribution in [2.75, 3.05) is 5.73 Å². The standard InChI is InChI=1S/C12H7BrFN3O/c13-6-4-7(11(15)16-5-6)12-17-9-3-1-2-8(14)10(9)18-12/h1-5H,(H2,15,16). The summed E-state index contributed by atoms with van der Waals surface area (Å²) in [5.41, 5.74) is 6.85. The fourth-order valence-corrected chi connectivity index (χ4v) is 1.98. The van der Waals surface area contributed by atoms with Crippen LogP contribution in [0.25, 0.3) is 22.6 Å². The molecule has 3 aromatic rings. The molecule has 0 saturated heterocycles. The Labute approximate surface area is 110 Å². The molecule has 4 nitrogen and oxygen atoms in total. The molecule has 0 aliphatic heterocycles. The first kappa shape index (κ1) is 11.2. The van der Waals surface area contributed by atoms with Crippen molar-refractivity contribution in [3.63, 3.8) is 0 Å². The molecular weight excluding hydrogens is 301 g/mol. The van der Waals surface area contributed by atoms with Gasteiger partial charge in [0.1, 0.15) is 11.3 Å². The SMILES string of the molecule is Nc1ncc(Br)cc1-c1nc2cccc(F)c2o1. The molecule has 0 aliphatic carbocycles.